The van der Waals surface area contributed by atoms with Crippen LogP contribution in [-0.4, -0.2) is 56.9 Å². The van der Waals surface area contributed by atoms with E-state index in [9.17, 15) is 19.5 Å². The van der Waals surface area contributed by atoms with Gasteiger partial charge in [0, 0.05) is 17.5 Å². The van der Waals surface area contributed by atoms with Crippen LogP contribution in [0.3, 0.4) is 0 Å². The lowest BCUT2D eigenvalue weighted by atomic mass is 9.70. The number of likely N-dealkylation sites (tertiary alicyclic amines) is 1. The van der Waals surface area contributed by atoms with E-state index in [4.69, 9.17) is 0 Å². The summed E-state index contributed by atoms with van der Waals surface area (Å²) in [7, 11) is 0. The van der Waals surface area contributed by atoms with Crippen LogP contribution in [-0.2, 0) is 14.4 Å². The van der Waals surface area contributed by atoms with Crippen LogP contribution in [0.25, 0.3) is 0 Å². The largest absolute Gasteiger partial charge is 0.394 e. The number of fused-ring (bicyclic) bond motifs is 1. The van der Waals surface area contributed by atoms with Crippen molar-refractivity contribution in [2.75, 3.05) is 18.5 Å². The van der Waals surface area contributed by atoms with Gasteiger partial charge in [0.15, 0.2) is 0 Å². The molecule has 2 bridgehead atoms. The number of aliphatic hydroxyl groups excluding tert-OH is 1. The lowest BCUT2D eigenvalue weighted by Gasteiger charge is -2.37. The average Bonchev–Trinajstić information content (AvgIpc) is 3.56. The first-order valence-electron chi connectivity index (χ1n) is 13.3. The molecule has 7 nitrogen and oxygen atoms in total. The molecule has 3 fully saturated rings. The van der Waals surface area contributed by atoms with Crippen molar-refractivity contribution < 1.29 is 19.5 Å². The van der Waals surface area contributed by atoms with E-state index in [0.717, 1.165) is 31.2 Å². The molecule has 2 aromatic rings. The number of carbonyl (C=O) groups excluding carboxylic acids is 3. The summed E-state index contributed by atoms with van der Waals surface area (Å²) in [5, 5.41) is 16.6. The standard InChI is InChI=1S/C29H35N3O4S/c1-2-3-10-17-30-27(35)25-29-16-15-22(37-29)23(26(34)31-20-13-8-5-9-14-20)24(29)28(36)32(25)21(18-33)19-11-6-4-7-12-19/h4-9,11-14,21-25,33H,2-3,10,15-18H2,1H3,(H,30,35)(H,31,34)/t21-,22-,23+,24+,25?,29?/m1/s1. The van der Waals surface area contributed by atoms with Gasteiger partial charge in [0.25, 0.3) is 0 Å². The smallest absolute Gasteiger partial charge is 0.244 e. The van der Waals surface area contributed by atoms with Crippen molar-refractivity contribution in [3.63, 3.8) is 0 Å². The SMILES string of the molecule is CCCCCNC(=O)C1N([C@H](CO)c2ccccc2)C(=O)[C@@H]2[C@@H](C(=O)Nc3ccccc3)[C@H]3CCC12S3. The second-order valence-electron chi connectivity index (χ2n) is 10.3. The third kappa shape index (κ3) is 4.55. The summed E-state index contributed by atoms with van der Waals surface area (Å²) in [6.07, 6.45) is 4.42. The Morgan fingerprint density at radius 2 is 1.78 bits per heavy atom. The predicted octanol–water partition coefficient (Wildman–Crippen LogP) is 3.76. The molecule has 3 aliphatic heterocycles. The van der Waals surface area contributed by atoms with E-state index in [1.165, 1.54) is 0 Å². The summed E-state index contributed by atoms with van der Waals surface area (Å²) in [5.74, 6) is -1.70. The maximum Gasteiger partial charge on any atom is 0.244 e. The summed E-state index contributed by atoms with van der Waals surface area (Å²) in [6, 6.07) is 17.3. The summed E-state index contributed by atoms with van der Waals surface area (Å²) in [4.78, 5) is 43.2. The number of rotatable bonds is 10. The minimum absolute atomic E-state index is 0.0143. The Morgan fingerprint density at radius 3 is 2.46 bits per heavy atom. The molecule has 1 spiro atoms. The maximum atomic E-state index is 14.2. The maximum absolute atomic E-state index is 14.2. The van der Waals surface area contributed by atoms with Crippen LogP contribution in [0, 0.1) is 11.8 Å². The minimum Gasteiger partial charge on any atom is -0.394 e. The van der Waals surface area contributed by atoms with Crippen LogP contribution in [0.4, 0.5) is 5.69 Å². The number of nitrogens with one attached hydrogen (secondary N) is 2. The molecule has 3 heterocycles. The molecular weight excluding hydrogens is 486 g/mol. The highest BCUT2D eigenvalue weighted by Gasteiger charge is 2.74. The first-order valence-corrected chi connectivity index (χ1v) is 14.2. The fourth-order valence-electron chi connectivity index (χ4n) is 6.49. The van der Waals surface area contributed by atoms with Gasteiger partial charge in [-0.05, 0) is 37.0 Å². The van der Waals surface area contributed by atoms with E-state index in [-0.39, 0.29) is 29.6 Å². The van der Waals surface area contributed by atoms with Gasteiger partial charge in [-0.2, -0.15) is 0 Å². The molecule has 0 aromatic heterocycles. The van der Waals surface area contributed by atoms with E-state index in [0.29, 0.717) is 18.7 Å². The van der Waals surface area contributed by atoms with Crippen LogP contribution in [0.15, 0.2) is 60.7 Å². The van der Waals surface area contributed by atoms with Gasteiger partial charge in [0.2, 0.25) is 17.7 Å². The van der Waals surface area contributed by atoms with Crippen LogP contribution in [0.5, 0.6) is 0 Å². The summed E-state index contributed by atoms with van der Waals surface area (Å²) in [6.45, 7) is 2.36. The molecule has 3 amide bonds. The van der Waals surface area contributed by atoms with Gasteiger partial charge < -0.3 is 20.6 Å². The van der Waals surface area contributed by atoms with E-state index in [1.807, 2.05) is 60.7 Å². The van der Waals surface area contributed by atoms with Crippen molar-refractivity contribution in [1.29, 1.82) is 0 Å². The predicted molar refractivity (Wildman–Crippen MR) is 145 cm³/mol. The second-order valence-corrected chi connectivity index (χ2v) is 11.9. The van der Waals surface area contributed by atoms with Crippen LogP contribution < -0.4 is 10.6 Å². The number of para-hydroxylation sites is 1. The number of hydrogen-bond acceptors (Lipinski definition) is 5. The Labute approximate surface area is 222 Å². The van der Waals surface area contributed by atoms with Crippen LogP contribution in [0.2, 0.25) is 0 Å². The third-order valence-corrected chi connectivity index (χ3v) is 10.1. The molecule has 8 heteroatoms. The lowest BCUT2D eigenvalue weighted by Crippen LogP contribution is -2.54. The Hall–Kier alpha value is -2.84. The highest BCUT2D eigenvalue weighted by molar-refractivity contribution is 8.02. The molecule has 3 N–H and O–H groups in total. The number of thioether (sulfide) groups is 1. The number of benzene rings is 2. The fourth-order valence-corrected chi connectivity index (χ4v) is 8.69. The minimum atomic E-state index is -0.742. The van der Waals surface area contributed by atoms with Gasteiger partial charge in [0.05, 0.1) is 29.2 Å². The second kappa shape index (κ2) is 10.9. The average molecular weight is 522 g/mol. The summed E-state index contributed by atoms with van der Waals surface area (Å²) >= 11 is 1.64. The Morgan fingerprint density at radius 1 is 1.08 bits per heavy atom. The number of nitrogens with zero attached hydrogens (tertiary/aromatic N) is 1. The summed E-state index contributed by atoms with van der Waals surface area (Å²) in [5.41, 5.74) is 1.47. The van der Waals surface area contributed by atoms with E-state index in [2.05, 4.69) is 17.6 Å². The number of hydrogen-bond donors (Lipinski definition) is 3. The van der Waals surface area contributed by atoms with Crippen LogP contribution in [0.1, 0.15) is 50.6 Å². The number of anilines is 1. The summed E-state index contributed by atoms with van der Waals surface area (Å²) < 4.78 is -0.683. The molecule has 0 radical (unpaired) electrons. The molecule has 0 saturated carbocycles. The number of unbranched alkanes of at least 4 members (excludes halogenated alkanes) is 2. The Kier molecular flexibility index (Phi) is 7.58. The van der Waals surface area contributed by atoms with Crippen molar-refractivity contribution in [3.05, 3.63) is 66.2 Å². The number of carbonyl (C=O) groups is 3. The molecule has 196 valence electrons. The van der Waals surface area contributed by atoms with Crippen molar-refractivity contribution in [3.8, 4) is 0 Å². The van der Waals surface area contributed by atoms with Gasteiger partial charge in [-0.25, -0.2) is 0 Å². The van der Waals surface area contributed by atoms with E-state index in [1.54, 1.807) is 16.7 Å². The van der Waals surface area contributed by atoms with Crippen molar-refractivity contribution >= 4 is 35.2 Å². The van der Waals surface area contributed by atoms with Gasteiger partial charge in [-0.1, -0.05) is 68.3 Å². The van der Waals surface area contributed by atoms with Crippen molar-refractivity contribution in [2.45, 2.75) is 61.1 Å². The van der Waals surface area contributed by atoms with Gasteiger partial charge >= 0.3 is 0 Å². The molecule has 5 rings (SSSR count). The topological polar surface area (TPSA) is 98.7 Å². The normalized spacial score (nSPS) is 28.7. The van der Waals surface area contributed by atoms with Gasteiger partial charge in [-0.3, -0.25) is 14.4 Å². The molecule has 2 aromatic carbocycles. The zero-order valence-corrected chi connectivity index (χ0v) is 22.0. The van der Waals surface area contributed by atoms with Crippen LogP contribution >= 0.6 is 11.8 Å². The molecule has 2 unspecified atom stereocenters. The molecule has 3 saturated heterocycles. The van der Waals surface area contributed by atoms with E-state index >= 15 is 0 Å². The third-order valence-electron chi connectivity index (χ3n) is 8.10. The van der Waals surface area contributed by atoms with Gasteiger partial charge in [-0.15, -0.1) is 11.8 Å². The monoisotopic (exact) mass is 521 g/mol. The highest BCUT2D eigenvalue weighted by atomic mass is 32.2. The van der Waals surface area contributed by atoms with Gasteiger partial charge in [0.1, 0.15) is 6.04 Å². The number of amides is 3. The molecular formula is C29H35N3O4S. The quantitative estimate of drug-likeness (QED) is 0.414. The Bertz CT molecular complexity index is 1130. The van der Waals surface area contributed by atoms with E-state index < -0.39 is 28.7 Å². The fraction of sp³-hybridized carbons (Fsp3) is 0.483. The van der Waals surface area contributed by atoms with Crippen molar-refractivity contribution in [2.24, 2.45) is 11.8 Å². The molecule has 0 aliphatic carbocycles. The Balaban J connectivity index is 1.50. The first kappa shape index (κ1) is 25.8. The zero-order valence-electron chi connectivity index (χ0n) is 21.1. The first-order chi connectivity index (χ1) is 18.0. The molecule has 6 atom stereocenters. The number of aliphatic hydroxyl groups is 1. The lowest BCUT2D eigenvalue weighted by molar-refractivity contribution is -0.142. The molecule has 37 heavy (non-hydrogen) atoms. The zero-order chi connectivity index (χ0) is 26.0. The highest BCUT2D eigenvalue weighted by Crippen LogP contribution is 2.67. The molecule has 3 aliphatic rings. The van der Waals surface area contributed by atoms with Crippen molar-refractivity contribution in [1.82, 2.24) is 10.2 Å².